The average Bonchev–Trinajstić information content (AvgIpc) is 2.38. The maximum absolute atomic E-state index is 11.7. The van der Waals surface area contributed by atoms with E-state index in [0.717, 1.165) is 5.75 Å². The number of methoxy groups -OCH3 is 1. The van der Waals surface area contributed by atoms with Crippen LogP contribution in [0.2, 0.25) is 0 Å². The summed E-state index contributed by atoms with van der Waals surface area (Å²) in [6, 6.07) is 8.21. The van der Waals surface area contributed by atoms with E-state index in [4.69, 9.17) is 0 Å². The number of carbonyl (C=O) groups excluding carboxylic acids is 2. The highest BCUT2D eigenvalue weighted by molar-refractivity contribution is 7.99. The summed E-state index contributed by atoms with van der Waals surface area (Å²) in [5.41, 5.74) is 2.42. The first-order valence-corrected chi connectivity index (χ1v) is 7.12. The molecule has 0 saturated carbocycles. The first-order valence-electron chi connectivity index (χ1n) is 5.97. The number of rotatable bonds is 6. The molecule has 0 atom stereocenters. The summed E-state index contributed by atoms with van der Waals surface area (Å²) >= 11 is 1.54. The molecule has 0 aliphatic heterocycles. The largest absolute Gasteiger partial charge is 0.468 e. The number of amides is 1. The number of benzene rings is 1. The second-order valence-corrected chi connectivity index (χ2v) is 5.29. The molecule has 0 bridgehead atoms. The molecule has 1 rings (SSSR count). The third-order valence-electron chi connectivity index (χ3n) is 2.60. The molecule has 4 nitrogen and oxygen atoms in total. The maximum atomic E-state index is 11.7. The van der Waals surface area contributed by atoms with Crippen molar-refractivity contribution in [1.82, 2.24) is 4.90 Å². The van der Waals surface area contributed by atoms with Gasteiger partial charge in [-0.1, -0.05) is 29.8 Å². The zero-order valence-corrected chi connectivity index (χ0v) is 12.3. The van der Waals surface area contributed by atoms with Crippen LogP contribution >= 0.6 is 11.8 Å². The highest BCUT2D eigenvalue weighted by Crippen LogP contribution is 2.13. The Morgan fingerprint density at radius 3 is 2.74 bits per heavy atom. The molecule has 104 valence electrons. The summed E-state index contributed by atoms with van der Waals surface area (Å²) in [6.45, 7) is 2.05. The van der Waals surface area contributed by atoms with Crippen LogP contribution in [0.4, 0.5) is 0 Å². The van der Waals surface area contributed by atoms with E-state index in [1.165, 1.54) is 23.1 Å². The molecule has 5 heteroatoms. The molecule has 0 aliphatic rings. The van der Waals surface area contributed by atoms with Crippen molar-refractivity contribution in [1.29, 1.82) is 0 Å². The van der Waals surface area contributed by atoms with Gasteiger partial charge in [-0.15, -0.1) is 11.8 Å². The van der Waals surface area contributed by atoms with Crippen LogP contribution in [0, 0.1) is 6.92 Å². The maximum Gasteiger partial charge on any atom is 0.325 e. The van der Waals surface area contributed by atoms with Gasteiger partial charge < -0.3 is 9.64 Å². The Bertz CT molecular complexity index is 448. The van der Waals surface area contributed by atoms with Gasteiger partial charge in [0.15, 0.2) is 0 Å². The Labute approximate surface area is 118 Å². The Hall–Kier alpha value is -1.49. The molecule has 0 fully saturated rings. The van der Waals surface area contributed by atoms with Crippen LogP contribution in [0.5, 0.6) is 0 Å². The van der Waals surface area contributed by atoms with Crippen LogP contribution in [-0.2, 0) is 20.1 Å². The lowest BCUT2D eigenvalue weighted by Crippen LogP contribution is -2.33. The Morgan fingerprint density at radius 2 is 2.11 bits per heavy atom. The second kappa shape index (κ2) is 7.84. The van der Waals surface area contributed by atoms with Gasteiger partial charge in [-0.2, -0.15) is 0 Å². The predicted octanol–water partition coefficient (Wildman–Crippen LogP) is 1.86. The van der Waals surface area contributed by atoms with E-state index in [1.54, 1.807) is 18.8 Å². The van der Waals surface area contributed by atoms with E-state index >= 15 is 0 Å². The minimum Gasteiger partial charge on any atom is -0.468 e. The van der Waals surface area contributed by atoms with Gasteiger partial charge in [-0.05, 0) is 12.5 Å². The number of esters is 1. The van der Waals surface area contributed by atoms with Crippen LogP contribution < -0.4 is 0 Å². The van der Waals surface area contributed by atoms with Gasteiger partial charge in [0.25, 0.3) is 0 Å². The summed E-state index contributed by atoms with van der Waals surface area (Å²) in [7, 11) is 2.92. The zero-order chi connectivity index (χ0) is 14.3. The number of likely N-dealkylation sites (N-methyl/N-ethyl adjacent to an activating group) is 1. The van der Waals surface area contributed by atoms with Crippen LogP contribution in [0.1, 0.15) is 11.1 Å². The predicted molar refractivity (Wildman–Crippen MR) is 77.0 cm³/mol. The summed E-state index contributed by atoms with van der Waals surface area (Å²) < 4.78 is 4.52. The standard InChI is InChI=1S/C14H19NO3S/c1-11-5-4-6-12(7-11)9-19-10-13(16)15(2)8-14(17)18-3/h4-7H,8-10H2,1-3H3. The van der Waals surface area contributed by atoms with E-state index in [1.807, 2.05) is 25.1 Å². The monoisotopic (exact) mass is 281 g/mol. The molecule has 0 unspecified atom stereocenters. The minimum atomic E-state index is -0.403. The molecule has 1 aromatic carbocycles. The summed E-state index contributed by atoms with van der Waals surface area (Å²) in [6.07, 6.45) is 0. The van der Waals surface area contributed by atoms with Crippen LogP contribution in [0.3, 0.4) is 0 Å². The molecule has 0 radical (unpaired) electrons. The number of hydrogen-bond donors (Lipinski definition) is 0. The second-order valence-electron chi connectivity index (χ2n) is 4.31. The fourth-order valence-corrected chi connectivity index (χ4v) is 2.43. The molecule has 0 spiro atoms. The quantitative estimate of drug-likeness (QED) is 0.747. The minimum absolute atomic E-state index is 0.000336. The summed E-state index contributed by atoms with van der Waals surface area (Å²) in [5, 5.41) is 0. The highest BCUT2D eigenvalue weighted by atomic mass is 32.2. The zero-order valence-electron chi connectivity index (χ0n) is 11.5. The first kappa shape index (κ1) is 15.6. The summed E-state index contributed by atoms with van der Waals surface area (Å²) in [5.74, 6) is 0.684. The number of ether oxygens (including phenoxy) is 1. The molecule has 0 N–H and O–H groups in total. The van der Waals surface area contributed by atoms with Gasteiger partial charge in [-0.25, -0.2) is 0 Å². The fourth-order valence-electron chi connectivity index (χ4n) is 1.51. The van der Waals surface area contributed by atoms with Crippen molar-refractivity contribution in [3.05, 3.63) is 35.4 Å². The topological polar surface area (TPSA) is 46.6 Å². The average molecular weight is 281 g/mol. The van der Waals surface area contributed by atoms with Crippen molar-refractivity contribution < 1.29 is 14.3 Å². The molecule has 0 aromatic heterocycles. The van der Waals surface area contributed by atoms with Gasteiger partial charge in [0.1, 0.15) is 6.54 Å². The number of aryl methyl sites for hydroxylation is 1. The molecule has 0 saturated heterocycles. The first-order chi connectivity index (χ1) is 9.02. The van der Waals surface area contributed by atoms with Gasteiger partial charge in [0.05, 0.1) is 12.9 Å². The van der Waals surface area contributed by atoms with Crippen molar-refractivity contribution in [2.24, 2.45) is 0 Å². The fraction of sp³-hybridized carbons (Fsp3) is 0.429. The van der Waals surface area contributed by atoms with Crippen molar-refractivity contribution in [2.75, 3.05) is 26.5 Å². The van der Waals surface area contributed by atoms with E-state index in [2.05, 4.69) is 10.8 Å². The van der Waals surface area contributed by atoms with Crippen molar-refractivity contribution in [3.8, 4) is 0 Å². The van der Waals surface area contributed by atoms with Crippen LogP contribution in [0.15, 0.2) is 24.3 Å². The number of thioether (sulfide) groups is 1. The number of carbonyl (C=O) groups is 2. The Kier molecular flexibility index (Phi) is 6.42. The molecule has 1 aromatic rings. The number of nitrogens with zero attached hydrogens (tertiary/aromatic N) is 1. The third kappa shape index (κ3) is 5.79. The molecule has 1 amide bonds. The highest BCUT2D eigenvalue weighted by Gasteiger charge is 2.12. The smallest absolute Gasteiger partial charge is 0.325 e. The van der Waals surface area contributed by atoms with Crippen LogP contribution in [-0.4, -0.2) is 43.2 Å². The van der Waals surface area contributed by atoms with E-state index in [0.29, 0.717) is 5.75 Å². The summed E-state index contributed by atoms with van der Waals surface area (Å²) in [4.78, 5) is 24.2. The van der Waals surface area contributed by atoms with Gasteiger partial charge in [-0.3, -0.25) is 9.59 Å². The molecule has 19 heavy (non-hydrogen) atoms. The van der Waals surface area contributed by atoms with E-state index < -0.39 is 5.97 Å². The molecular formula is C14H19NO3S. The van der Waals surface area contributed by atoms with Gasteiger partial charge in [0.2, 0.25) is 5.91 Å². The molecule has 0 aliphatic carbocycles. The van der Waals surface area contributed by atoms with Crippen molar-refractivity contribution >= 4 is 23.6 Å². The number of hydrogen-bond acceptors (Lipinski definition) is 4. The van der Waals surface area contributed by atoms with Crippen molar-refractivity contribution in [2.45, 2.75) is 12.7 Å². The van der Waals surface area contributed by atoms with E-state index in [-0.39, 0.29) is 12.5 Å². The van der Waals surface area contributed by atoms with Gasteiger partial charge >= 0.3 is 5.97 Å². The molecule has 0 heterocycles. The Balaban J connectivity index is 2.32. The van der Waals surface area contributed by atoms with Gasteiger partial charge in [0, 0.05) is 12.8 Å². The van der Waals surface area contributed by atoms with E-state index in [9.17, 15) is 9.59 Å². The molecular weight excluding hydrogens is 262 g/mol. The normalized spacial score (nSPS) is 10.1. The lowest BCUT2D eigenvalue weighted by atomic mass is 10.2. The lowest BCUT2D eigenvalue weighted by molar-refractivity contribution is -0.145. The SMILES string of the molecule is COC(=O)CN(C)C(=O)CSCc1cccc(C)c1. The Morgan fingerprint density at radius 1 is 1.37 bits per heavy atom. The lowest BCUT2D eigenvalue weighted by Gasteiger charge is -2.15. The van der Waals surface area contributed by atoms with Crippen LogP contribution in [0.25, 0.3) is 0 Å². The van der Waals surface area contributed by atoms with Crippen molar-refractivity contribution in [3.63, 3.8) is 0 Å². The third-order valence-corrected chi connectivity index (χ3v) is 3.58.